The molecule has 0 saturated heterocycles. The van der Waals surface area contributed by atoms with E-state index in [1.165, 1.54) is 18.5 Å². The minimum absolute atomic E-state index is 0.209. The number of aromatic nitrogens is 3. The van der Waals surface area contributed by atoms with Crippen molar-refractivity contribution in [2.75, 3.05) is 11.2 Å². The van der Waals surface area contributed by atoms with Gasteiger partial charge in [-0.05, 0) is 12.1 Å². The molecule has 0 unspecified atom stereocenters. The van der Waals surface area contributed by atoms with Crippen LogP contribution in [0.3, 0.4) is 0 Å². The summed E-state index contributed by atoms with van der Waals surface area (Å²) in [6.07, 6.45) is 3.90. The van der Waals surface area contributed by atoms with Crippen LogP contribution in [0.2, 0.25) is 0 Å². The Balaban J connectivity index is 2.14. The quantitative estimate of drug-likeness (QED) is 0.526. The van der Waals surface area contributed by atoms with E-state index in [9.17, 15) is 14.9 Å². The summed E-state index contributed by atoms with van der Waals surface area (Å²) in [6, 6.07) is 3.12. The number of nitrogen functional groups attached to an aromatic ring is 1. The van der Waals surface area contributed by atoms with Gasteiger partial charge in [0.15, 0.2) is 0 Å². The molecule has 10 heteroatoms. The van der Waals surface area contributed by atoms with Crippen molar-refractivity contribution in [3.63, 3.8) is 0 Å². The van der Waals surface area contributed by atoms with Gasteiger partial charge in [-0.2, -0.15) is 0 Å². The number of nitro groups is 1. The number of carbonyl (C=O) groups excluding carboxylic acids is 1. The first-order valence-electron chi connectivity index (χ1n) is 5.31. The number of anilines is 2. The molecule has 2 heterocycles. The Labute approximate surface area is 112 Å². The molecule has 2 rings (SSSR count). The van der Waals surface area contributed by atoms with E-state index in [4.69, 9.17) is 5.73 Å². The number of pyridine rings is 1. The number of hydrazine groups is 1. The highest BCUT2D eigenvalue weighted by Crippen LogP contribution is 2.25. The second-order valence-corrected chi connectivity index (χ2v) is 3.53. The average Bonchev–Trinajstić information content (AvgIpc) is 2.45. The summed E-state index contributed by atoms with van der Waals surface area (Å²) >= 11 is 0. The number of nitrogens with one attached hydrogen (secondary N) is 2. The number of hydrogen-bond donors (Lipinski definition) is 3. The van der Waals surface area contributed by atoms with Crippen molar-refractivity contribution in [1.82, 2.24) is 20.4 Å². The Bertz CT molecular complexity index is 647. The molecule has 102 valence electrons. The van der Waals surface area contributed by atoms with Crippen molar-refractivity contribution in [1.29, 1.82) is 0 Å². The zero-order valence-corrected chi connectivity index (χ0v) is 9.98. The topological polar surface area (TPSA) is 149 Å². The number of nitrogens with two attached hydrogens (primary N) is 1. The maximum absolute atomic E-state index is 11.7. The van der Waals surface area contributed by atoms with E-state index >= 15 is 0 Å². The monoisotopic (exact) mass is 275 g/mol. The third-order valence-electron chi connectivity index (χ3n) is 2.25. The first-order valence-corrected chi connectivity index (χ1v) is 5.31. The Morgan fingerprint density at radius 2 is 2.20 bits per heavy atom. The molecule has 0 bridgehead atoms. The van der Waals surface area contributed by atoms with Crippen LogP contribution < -0.4 is 16.6 Å². The summed E-state index contributed by atoms with van der Waals surface area (Å²) in [4.78, 5) is 32.8. The Kier molecular flexibility index (Phi) is 3.65. The van der Waals surface area contributed by atoms with E-state index in [0.717, 1.165) is 6.33 Å². The molecule has 0 saturated carbocycles. The van der Waals surface area contributed by atoms with E-state index in [1.807, 2.05) is 0 Å². The van der Waals surface area contributed by atoms with Crippen molar-refractivity contribution < 1.29 is 9.72 Å². The Morgan fingerprint density at radius 1 is 1.40 bits per heavy atom. The van der Waals surface area contributed by atoms with Crippen molar-refractivity contribution in [3.8, 4) is 0 Å². The summed E-state index contributed by atoms with van der Waals surface area (Å²) in [7, 11) is 0. The second-order valence-electron chi connectivity index (χ2n) is 3.53. The van der Waals surface area contributed by atoms with E-state index in [-0.39, 0.29) is 17.2 Å². The molecule has 2 aromatic rings. The standard InChI is InChI=1S/C10H9N7O3/c11-8-7(17(19)20)9(14-5-13-8)15-16-10(18)6-2-1-3-12-4-6/h1-5H,(H,16,18)(H3,11,13,14,15). The third-order valence-corrected chi connectivity index (χ3v) is 2.25. The van der Waals surface area contributed by atoms with Crippen LogP contribution in [0, 0.1) is 10.1 Å². The minimum Gasteiger partial charge on any atom is -0.378 e. The molecule has 20 heavy (non-hydrogen) atoms. The van der Waals surface area contributed by atoms with Crippen molar-refractivity contribution >= 4 is 23.2 Å². The van der Waals surface area contributed by atoms with Gasteiger partial charge in [-0.3, -0.25) is 30.7 Å². The van der Waals surface area contributed by atoms with Crippen LogP contribution in [-0.2, 0) is 0 Å². The van der Waals surface area contributed by atoms with E-state index in [0.29, 0.717) is 0 Å². The lowest BCUT2D eigenvalue weighted by Crippen LogP contribution is -2.30. The van der Waals surface area contributed by atoms with Crippen molar-refractivity contribution in [2.24, 2.45) is 0 Å². The molecule has 0 aliphatic heterocycles. The van der Waals surface area contributed by atoms with Crippen LogP contribution in [0.4, 0.5) is 17.3 Å². The lowest BCUT2D eigenvalue weighted by molar-refractivity contribution is -0.383. The highest BCUT2D eigenvalue weighted by molar-refractivity contribution is 5.94. The Morgan fingerprint density at radius 3 is 2.85 bits per heavy atom. The Hall–Kier alpha value is -3.30. The first kappa shape index (κ1) is 13.1. The fourth-order valence-electron chi connectivity index (χ4n) is 1.35. The van der Waals surface area contributed by atoms with Crippen LogP contribution in [0.25, 0.3) is 0 Å². The van der Waals surface area contributed by atoms with Gasteiger partial charge in [0.25, 0.3) is 5.91 Å². The molecule has 0 aromatic carbocycles. The van der Waals surface area contributed by atoms with Crippen LogP contribution in [0.5, 0.6) is 0 Å². The maximum atomic E-state index is 11.7. The predicted octanol–water partition coefficient (Wildman–Crippen LogP) is 0.119. The molecule has 2 aromatic heterocycles. The van der Waals surface area contributed by atoms with E-state index in [1.54, 1.807) is 6.07 Å². The minimum atomic E-state index is -0.742. The molecule has 10 nitrogen and oxygen atoms in total. The lowest BCUT2D eigenvalue weighted by atomic mass is 10.3. The highest BCUT2D eigenvalue weighted by atomic mass is 16.6. The normalized spacial score (nSPS) is 9.80. The summed E-state index contributed by atoms with van der Waals surface area (Å²) in [6.45, 7) is 0. The van der Waals surface area contributed by atoms with Gasteiger partial charge in [-0.15, -0.1) is 0 Å². The molecular weight excluding hydrogens is 266 g/mol. The molecule has 0 spiro atoms. The SMILES string of the molecule is Nc1ncnc(NNC(=O)c2cccnc2)c1[N+](=O)[O-]. The summed E-state index contributed by atoms with van der Waals surface area (Å²) in [5.41, 5.74) is 9.74. The van der Waals surface area contributed by atoms with Crippen LogP contribution >= 0.6 is 0 Å². The van der Waals surface area contributed by atoms with Crippen LogP contribution in [0.15, 0.2) is 30.9 Å². The van der Waals surface area contributed by atoms with Crippen LogP contribution in [-0.4, -0.2) is 25.8 Å². The number of nitrogens with zero attached hydrogens (tertiary/aromatic N) is 4. The molecule has 0 atom stereocenters. The van der Waals surface area contributed by atoms with Gasteiger partial charge in [0, 0.05) is 12.4 Å². The molecule has 0 fully saturated rings. The lowest BCUT2D eigenvalue weighted by Gasteiger charge is -2.08. The van der Waals surface area contributed by atoms with Gasteiger partial charge in [0.1, 0.15) is 6.33 Å². The number of rotatable bonds is 4. The zero-order chi connectivity index (χ0) is 14.5. The summed E-state index contributed by atoms with van der Waals surface area (Å²) in [5, 5.41) is 10.8. The molecule has 0 radical (unpaired) electrons. The highest BCUT2D eigenvalue weighted by Gasteiger charge is 2.21. The molecule has 0 aliphatic rings. The van der Waals surface area contributed by atoms with E-state index < -0.39 is 16.5 Å². The van der Waals surface area contributed by atoms with Gasteiger partial charge in [0.2, 0.25) is 11.6 Å². The third kappa shape index (κ3) is 2.75. The van der Waals surface area contributed by atoms with Crippen molar-refractivity contribution in [2.45, 2.75) is 0 Å². The van der Waals surface area contributed by atoms with Crippen molar-refractivity contribution in [3.05, 3.63) is 46.5 Å². The molecule has 0 aliphatic carbocycles. The largest absolute Gasteiger partial charge is 0.378 e. The smallest absolute Gasteiger partial charge is 0.354 e. The number of amides is 1. The average molecular weight is 275 g/mol. The van der Waals surface area contributed by atoms with E-state index in [2.05, 4.69) is 25.8 Å². The van der Waals surface area contributed by atoms with Gasteiger partial charge < -0.3 is 5.73 Å². The second kappa shape index (κ2) is 5.56. The first-order chi connectivity index (χ1) is 9.59. The number of hydrogen-bond acceptors (Lipinski definition) is 8. The van der Waals surface area contributed by atoms with Crippen LogP contribution in [0.1, 0.15) is 10.4 Å². The summed E-state index contributed by atoms with van der Waals surface area (Å²) < 4.78 is 0. The predicted molar refractivity (Wildman–Crippen MR) is 68.4 cm³/mol. The fourth-order valence-corrected chi connectivity index (χ4v) is 1.35. The van der Waals surface area contributed by atoms with Gasteiger partial charge >= 0.3 is 5.69 Å². The van der Waals surface area contributed by atoms with Gasteiger partial charge in [-0.1, -0.05) is 0 Å². The molecule has 4 N–H and O–H groups in total. The number of carbonyl (C=O) groups is 1. The van der Waals surface area contributed by atoms with Gasteiger partial charge in [0.05, 0.1) is 10.5 Å². The maximum Gasteiger partial charge on any atom is 0.354 e. The molecule has 1 amide bonds. The zero-order valence-electron chi connectivity index (χ0n) is 9.98. The van der Waals surface area contributed by atoms with Gasteiger partial charge in [-0.25, -0.2) is 9.97 Å². The fraction of sp³-hybridized carbons (Fsp3) is 0. The molecular formula is C10H9N7O3. The summed E-state index contributed by atoms with van der Waals surface area (Å²) in [5.74, 6) is -1.03.